The van der Waals surface area contributed by atoms with Crippen LogP contribution >= 0.6 is 11.3 Å². The van der Waals surface area contributed by atoms with Gasteiger partial charge in [0.2, 0.25) is 5.91 Å². The van der Waals surface area contributed by atoms with Gasteiger partial charge in [0.05, 0.1) is 5.39 Å². The molecule has 1 fully saturated rings. The van der Waals surface area contributed by atoms with E-state index < -0.39 is 0 Å². The Bertz CT molecular complexity index is 651. The quantitative estimate of drug-likeness (QED) is 0.860. The normalized spacial score (nSPS) is 19.8. The molecular weight excluding hydrogens is 260 g/mol. The van der Waals surface area contributed by atoms with Crippen molar-refractivity contribution in [1.29, 1.82) is 0 Å². The molecule has 1 aliphatic heterocycles. The maximum absolute atomic E-state index is 11.8. The van der Waals surface area contributed by atoms with Gasteiger partial charge in [-0.3, -0.25) is 4.79 Å². The molecule has 2 aromatic heterocycles. The Labute approximate surface area is 115 Å². The lowest BCUT2D eigenvalue weighted by Crippen LogP contribution is -2.54. The number of hydrogen-bond donors (Lipinski definition) is 1. The van der Waals surface area contributed by atoms with E-state index in [1.165, 1.54) is 5.56 Å². The molecule has 5 nitrogen and oxygen atoms in total. The highest BCUT2D eigenvalue weighted by Gasteiger charge is 2.28. The summed E-state index contributed by atoms with van der Waals surface area (Å²) in [5, 5.41) is 6.06. The Kier molecular flexibility index (Phi) is 2.89. The van der Waals surface area contributed by atoms with E-state index in [1.807, 2.05) is 13.8 Å². The molecule has 1 atom stereocenters. The number of nitrogens with one attached hydrogen (secondary N) is 1. The van der Waals surface area contributed by atoms with E-state index in [-0.39, 0.29) is 11.9 Å². The van der Waals surface area contributed by atoms with E-state index in [9.17, 15) is 4.79 Å². The van der Waals surface area contributed by atoms with Crippen molar-refractivity contribution in [1.82, 2.24) is 15.3 Å². The van der Waals surface area contributed by atoms with Gasteiger partial charge in [0.15, 0.2) is 0 Å². The number of carbonyl (C=O) groups is 1. The van der Waals surface area contributed by atoms with Crippen LogP contribution in [-0.4, -0.2) is 35.0 Å². The molecule has 19 heavy (non-hydrogen) atoms. The van der Waals surface area contributed by atoms with Crippen molar-refractivity contribution < 1.29 is 4.79 Å². The number of anilines is 1. The van der Waals surface area contributed by atoms with Crippen LogP contribution in [0, 0.1) is 13.8 Å². The van der Waals surface area contributed by atoms with Gasteiger partial charge in [0.1, 0.15) is 22.5 Å². The van der Waals surface area contributed by atoms with Crippen LogP contribution in [0.25, 0.3) is 10.2 Å². The van der Waals surface area contributed by atoms with E-state index in [4.69, 9.17) is 0 Å². The summed E-state index contributed by atoms with van der Waals surface area (Å²) in [7, 11) is 0. The standard InChI is InChI=1S/C13H16N4OS/c1-7-6-19-13-10(7)11(15-9(3)16-13)17-5-4-14-12(18)8(17)2/h6,8H,4-5H2,1-3H3,(H,14,18). The number of aryl methyl sites for hydroxylation is 2. The summed E-state index contributed by atoms with van der Waals surface area (Å²) in [6.45, 7) is 7.33. The zero-order valence-electron chi connectivity index (χ0n) is 11.2. The number of carbonyl (C=O) groups excluding carboxylic acids is 1. The minimum atomic E-state index is -0.189. The SMILES string of the molecule is Cc1nc(N2CCNC(=O)C2C)c2c(C)csc2n1. The molecule has 3 heterocycles. The van der Waals surface area contributed by atoms with Crippen LogP contribution in [0.4, 0.5) is 5.82 Å². The summed E-state index contributed by atoms with van der Waals surface area (Å²) >= 11 is 1.63. The second-order valence-electron chi connectivity index (χ2n) is 4.85. The number of nitrogens with zero attached hydrogens (tertiary/aromatic N) is 3. The maximum Gasteiger partial charge on any atom is 0.242 e. The lowest BCUT2D eigenvalue weighted by Gasteiger charge is -2.34. The molecule has 0 bridgehead atoms. The fourth-order valence-electron chi connectivity index (χ4n) is 2.45. The maximum atomic E-state index is 11.8. The van der Waals surface area contributed by atoms with Crippen LogP contribution in [-0.2, 0) is 4.79 Å². The van der Waals surface area contributed by atoms with Crippen molar-refractivity contribution in [2.75, 3.05) is 18.0 Å². The highest BCUT2D eigenvalue weighted by Crippen LogP contribution is 2.32. The highest BCUT2D eigenvalue weighted by molar-refractivity contribution is 7.17. The number of piperazine rings is 1. The summed E-state index contributed by atoms with van der Waals surface area (Å²) < 4.78 is 0. The molecule has 1 unspecified atom stereocenters. The lowest BCUT2D eigenvalue weighted by atomic mass is 10.1. The second kappa shape index (κ2) is 4.45. The van der Waals surface area contributed by atoms with Gasteiger partial charge in [-0.25, -0.2) is 9.97 Å². The van der Waals surface area contributed by atoms with Crippen LogP contribution in [0.5, 0.6) is 0 Å². The fraction of sp³-hybridized carbons (Fsp3) is 0.462. The van der Waals surface area contributed by atoms with Gasteiger partial charge >= 0.3 is 0 Å². The van der Waals surface area contributed by atoms with Crippen molar-refractivity contribution in [3.05, 3.63) is 16.8 Å². The molecule has 0 radical (unpaired) electrons. The first-order chi connectivity index (χ1) is 9.08. The number of amides is 1. The third-order valence-corrected chi connectivity index (χ3v) is 4.47. The summed E-state index contributed by atoms with van der Waals surface area (Å²) in [6, 6.07) is -0.189. The summed E-state index contributed by atoms with van der Waals surface area (Å²) in [4.78, 5) is 24.0. The van der Waals surface area contributed by atoms with Crippen LogP contribution in [0.3, 0.4) is 0 Å². The molecular formula is C13H16N4OS. The smallest absolute Gasteiger partial charge is 0.242 e. The predicted molar refractivity (Wildman–Crippen MR) is 76.7 cm³/mol. The second-order valence-corrected chi connectivity index (χ2v) is 5.71. The summed E-state index contributed by atoms with van der Waals surface area (Å²) in [5.74, 6) is 1.70. The molecule has 1 amide bonds. The molecule has 6 heteroatoms. The topological polar surface area (TPSA) is 58.1 Å². The van der Waals surface area contributed by atoms with E-state index in [0.29, 0.717) is 6.54 Å². The minimum absolute atomic E-state index is 0.0588. The van der Waals surface area contributed by atoms with Gasteiger partial charge in [-0.2, -0.15) is 0 Å². The molecule has 0 saturated carbocycles. The monoisotopic (exact) mass is 276 g/mol. The first-order valence-corrected chi connectivity index (χ1v) is 7.22. The Hall–Kier alpha value is -1.69. The summed E-state index contributed by atoms with van der Waals surface area (Å²) in [5.41, 5.74) is 1.17. The van der Waals surface area contributed by atoms with Crippen LogP contribution in [0.1, 0.15) is 18.3 Å². The molecule has 1 aliphatic rings. The number of rotatable bonds is 1. The van der Waals surface area contributed by atoms with Gasteiger partial charge in [0.25, 0.3) is 0 Å². The van der Waals surface area contributed by atoms with Crippen molar-refractivity contribution in [2.24, 2.45) is 0 Å². The highest BCUT2D eigenvalue weighted by atomic mass is 32.1. The van der Waals surface area contributed by atoms with Gasteiger partial charge in [-0.15, -0.1) is 11.3 Å². The zero-order valence-corrected chi connectivity index (χ0v) is 12.0. The fourth-order valence-corrected chi connectivity index (χ4v) is 3.41. The number of hydrogen-bond acceptors (Lipinski definition) is 5. The first kappa shape index (κ1) is 12.3. The third kappa shape index (κ3) is 1.96. The van der Waals surface area contributed by atoms with Gasteiger partial charge in [-0.05, 0) is 31.7 Å². The van der Waals surface area contributed by atoms with Crippen LogP contribution < -0.4 is 10.2 Å². The van der Waals surface area contributed by atoms with E-state index >= 15 is 0 Å². The molecule has 1 N–H and O–H groups in total. The van der Waals surface area contributed by atoms with Crippen molar-refractivity contribution >= 4 is 33.3 Å². The average Bonchev–Trinajstić information content (AvgIpc) is 2.73. The van der Waals surface area contributed by atoms with Crippen LogP contribution in [0.2, 0.25) is 0 Å². The average molecular weight is 276 g/mol. The molecule has 2 aromatic rings. The van der Waals surface area contributed by atoms with Crippen LogP contribution in [0.15, 0.2) is 5.38 Å². The van der Waals surface area contributed by atoms with Gasteiger partial charge in [0, 0.05) is 13.1 Å². The van der Waals surface area contributed by atoms with Crippen molar-refractivity contribution in [3.63, 3.8) is 0 Å². The molecule has 3 rings (SSSR count). The van der Waals surface area contributed by atoms with E-state index in [2.05, 4.69) is 32.5 Å². The first-order valence-electron chi connectivity index (χ1n) is 6.34. The number of fused-ring (bicyclic) bond motifs is 1. The molecule has 0 aliphatic carbocycles. The Morgan fingerprint density at radius 3 is 3.00 bits per heavy atom. The number of thiophene rings is 1. The lowest BCUT2D eigenvalue weighted by molar-refractivity contribution is -0.122. The molecule has 0 aromatic carbocycles. The Balaban J connectivity index is 2.18. The third-order valence-electron chi connectivity index (χ3n) is 3.48. The van der Waals surface area contributed by atoms with E-state index in [0.717, 1.165) is 28.4 Å². The Morgan fingerprint density at radius 2 is 2.21 bits per heavy atom. The zero-order chi connectivity index (χ0) is 13.6. The van der Waals surface area contributed by atoms with Gasteiger partial charge < -0.3 is 10.2 Å². The van der Waals surface area contributed by atoms with Crippen molar-refractivity contribution in [3.8, 4) is 0 Å². The molecule has 100 valence electrons. The summed E-state index contributed by atoms with van der Waals surface area (Å²) in [6.07, 6.45) is 0. The number of aromatic nitrogens is 2. The van der Waals surface area contributed by atoms with E-state index in [1.54, 1.807) is 11.3 Å². The Morgan fingerprint density at radius 1 is 1.42 bits per heavy atom. The minimum Gasteiger partial charge on any atom is -0.353 e. The molecule has 0 spiro atoms. The van der Waals surface area contributed by atoms with Gasteiger partial charge in [-0.1, -0.05) is 0 Å². The van der Waals surface area contributed by atoms with Crippen molar-refractivity contribution in [2.45, 2.75) is 26.8 Å². The largest absolute Gasteiger partial charge is 0.353 e. The predicted octanol–water partition coefficient (Wildman–Crippen LogP) is 1.63. The molecule has 1 saturated heterocycles.